The van der Waals surface area contributed by atoms with Crippen molar-refractivity contribution in [2.24, 2.45) is 0 Å². The molecule has 1 aromatic carbocycles. The fourth-order valence-electron chi connectivity index (χ4n) is 2.70. The van der Waals surface area contributed by atoms with E-state index >= 15 is 0 Å². The van der Waals surface area contributed by atoms with Crippen molar-refractivity contribution in [3.8, 4) is 0 Å². The first kappa shape index (κ1) is 15.5. The highest BCUT2D eigenvalue weighted by Gasteiger charge is 2.29. The maximum atomic E-state index is 13.9. The maximum absolute atomic E-state index is 13.9. The number of carbonyl (C=O) groups excluding carboxylic acids is 1. The first-order chi connectivity index (χ1) is 10.9. The van der Waals surface area contributed by atoms with Crippen molar-refractivity contribution in [1.82, 2.24) is 15.2 Å². The van der Waals surface area contributed by atoms with Crippen LogP contribution in [0.25, 0.3) is 10.9 Å². The fourth-order valence-corrected chi connectivity index (χ4v) is 2.85. The predicted molar refractivity (Wildman–Crippen MR) is 78.7 cm³/mol. The number of nitrogens with one attached hydrogen (secondary N) is 2. The largest absolute Gasteiger partial charge is 0.465 e. The molecule has 1 saturated heterocycles. The third-order valence-electron chi connectivity index (χ3n) is 3.79. The summed E-state index contributed by atoms with van der Waals surface area (Å²) in [5.41, 5.74) is 0.0516. The van der Waals surface area contributed by atoms with Crippen molar-refractivity contribution < 1.29 is 23.5 Å². The number of nitrogens with zero attached hydrogens (tertiary/aromatic N) is 1. The highest BCUT2D eigenvalue weighted by atomic mass is 35.5. The molecular formula is C14H12ClF2N3O3. The molecule has 6 nitrogen and oxygen atoms in total. The lowest BCUT2D eigenvalue weighted by Gasteiger charge is -2.15. The molecule has 2 amide bonds. The van der Waals surface area contributed by atoms with E-state index in [0.29, 0.717) is 13.0 Å². The van der Waals surface area contributed by atoms with Gasteiger partial charge in [0.1, 0.15) is 16.5 Å². The van der Waals surface area contributed by atoms with Crippen LogP contribution in [0.4, 0.5) is 13.6 Å². The number of fused-ring (bicyclic) bond motifs is 1. The number of rotatable bonds is 2. The van der Waals surface area contributed by atoms with E-state index in [9.17, 15) is 18.4 Å². The van der Waals surface area contributed by atoms with E-state index in [-0.39, 0.29) is 29.2 Å². The summed E-state index contributed by atoms with van der Waals surface area (Å²) in [7, 11) is 0. The molecular weight excluding hydrogens is 332 g/mol. The van der Waals surface area contributed by atoms with Gasteiger partial charge in [0, 0.05) is 18.5 Å². The van der Waals surface area contributed by atoms with Gasteiger partial charge in [0.25, 0.3) is 5.91 Å². The minimum absolute atomic E-state index is 0.0424. The number of aromatic nitrogens is 1. The second kappa shape index (κ2) is 5.69. The van der Waals surface area contributed by atoms with Gasteiger partial charge in [-0.1, -0.05) is 11.6 Å². The Hall–Kier alpha value is -2.35. The minimum Gasteiger partial charge on any atom is -0.465 e. The average molecular weight is 344 g/mol. The van der Waals surface area contributed by atoms with Crippen molar-refractivity contribution in [1.29, 1.82) is 0 Å². The number of hydrogen-bond donors (Lipinski definition) is 3. The molecule has 0 bridgehead atoms. The van der Waals surface area contributed by atoms with Crippen LogP contribution >= 0.6 is 11.6 Å². The Morgan fingerprint density at radius 1 is 1.39 bits per heavy atom. The van der Waals surface area contributed by atoms with Crippen LogP contribution in [0.5, 0.6) is 0 Å². The molecule has 1 atom stereocenters. The smallest absolute Gasteiger partial charge is 0.404 e. The molecule has 3 rings (SSSR count). The predicted octanol–water partition coefficient (Wildman–Crippen LogP) is 2.58. The molecule has 1 aliphatic rings. The monoisotopic (exact) mass is 343 g/mol. The second-order valence-corrected chi connectivity index (χ2v) is 5.70. The van der Waals surface area contributed by atoms with Crippen LogP contribution in [0.2, 0.25) is 5.02 Å². The SMILES string of the molecule is O=C(O)N[C@@H]1CCN(C(=O)c2cc3cc(F)c(Cl)c(F)c3[nH]2)C1. The summed E-state index contributed by atoms with van der Waals surface area (Å²) in [5, 5.41) is 10.6. The zero-order valence-electron chi connectivity index (χ0n) is 11.7. The lowest BCUT2D eigenvalue weighted by Crippen LogP contribution is -2.37. The summed E-state index contributed by atoms with van der Waals surface area (Å²) in [4.78, 5) is 27.1. The van der Waals surface area contributed by atoms with Gasteiger partial charge >= 0.3 is 6.09 Å². The molecule has 0 radical (unpaired) electrons. The first-order valence-electron chi connectivity index (χ1n) is 6.81. The van der Waals surface area contributed by atoms with Gasteiger partial charge in [-0.25, -0.2) is 13.6 Å². The molecule has 9 heteroatoms. The van der Waals surface area contributed by atoms with E-state index in [1.165, 1.54) is 11.0 Å². The zero-order chi connectivity index (χ0) is 16.7. The molecule has 1 fully saturated rings. The topological polar surface area (TPSA) is 85.4 Å². The molecule has 3 N–H and O–H groups in total. The second-order valence-electron chi connectivity index (χ2n) is 5.32. The number of carbonyl (C=O) groups is 2. The van der Waals surface area contributed by atoms with Crippen molar-refractivity contribution in [3.63, 3.8) is 0 Å². The van der Waals surface area contributed by atoms with Crippen molar-refractivity contribution in [3.05, 3.63) is 34.5 Å². The summed E-state index contributed by atoms with van der Waals surface area (Å²) in [5.74, 6) is -2.26. The van der Waals surface area contributed by atoms with E-state index in [1.54, 1.807) is 0 Å². The van der Waals surface area contributed by atoms with Crippen LogP contribution in [-0.4, -0.2) is 46.1 Å². The van der Waals surface area contributed by atoms with Crippen molar-refractivity contribution >= 4 is 34.5 Å². The van der Waals surface area contributed by atoms with Crippen LogP contribution in [0, 0.1) is 11.6 Å². The summed E-state index contributed by atoms with van der Waals surface area (Å²) in [6.45, 7) is 0.592. The summed E-state index contributed by atoms with van der Waals surface area (Å²) in [6.07, 6.45) is -0.658. The Morgan fingerprint density at radius 2 is 2.13 bits per heavy atom. The van der Waals surface area contributed by atoms with Gasteiger partial charge in [0.05, 0.1) is 11.6 Å². The molecule has 0 unspecified atom stereocenters. The Labute approximate surface area is 134 Å². The standard InChI is InChI=1S/C14H12ClF2N3O3/c15-10-8(16)3-6-4-9(19-12(6)11(10)17)13(21)20-2-1-7(5-20)18-14(22)23/h3-4,7,18-19H,1-2,5H2,(H,22,23)/t7-/m1/s1. The lowest BCUT2D eigenvalue weighted by atomic mass is 10.2. The maximum Gasteiger partial charge on any atom is 0.404 e. The van der Waals surface area contributed by atoms with Gasteiger partial charge in [-0.15, -0.1) is 0 Å². The van der Waals surface area contributed by atoms with Gasteiger partial charge in [0.15, 0.2) is 5.82 Å². The van der Waals surface area contributed by atoms with Crippen LogP contribution in [0.3, 0.4) is 0 Å². The van der Waals surface area contributed by atoms with E-state index < -0.39 is 28.7 Å². The quantitative estimate of drug-likeness (QED) is 0.733. The Morgan fingerprint density at radius 3 is 2.83 bits per heavy atom. The zero-order valence-corrected chi connectivity index (χ0v) is 12.5. The van der Waals surface area contributed by atoms with E-state index in [4.69, 9.17) is 16.7 Å². The number of aromatic amines is 1. The molecule has 122 valence electrons. The number of hydrogen-bond acceptors (Lipinski definition) is 2. The summed E-state index contributed by atoms with van der Waals surface area (Å²) < 4.78 is 27.4. The molecule has 23 heavy (non-hydrogen) atoms. The van der Waals surface area contributed by atoms with E-state index in [1.807, 2.05) is 0 Å². The third kappa shape index (κ3) is 2.81. The van der Waals surface area contributed by atoms with E-state index in [0.717, 1.165) is 6.07 Å². The molecule has 2 aromatic rings. The molecule has 2 heterocycles. The van der Waals surface area contributed by atoms with Crippen LogP contribution in [-0.2, 0) is 0 Å². The first-order valence-corrected chi connectivity index (χ1v) is 7.19. The van der Waals surface area contributed by atoms with Gasteiger partial charge < -0.3 is 20.3 Å². The number of benzene rings is 1. The molecule has 0 saturated carbocycles. The fraction of sp³-hybridized carbons (Fsp3) is 0.286. The number of H-pyrrole nitrogens is 1. The Balaban J connectivity index is 1.85. The average Bonchev–Trinajstić information content (AvgIpc) is 3.10. The van der Waals surface area contributed by atoms with Gasteiger partial charge in [-0.2, -0.15) is 0 Å². The molecule has 0 aliphatic carbocycles. The molecule has 1 aromatic heterocycles. The highest BCUT2D eigenvalue weighted by Crippen LogP contribution is 2.28. The van der Waals surface area contributed by atoms with Crippen molar-refractivity contribution in [2.75, 3.05) is 13.1 Å². The van der Waals surface area contributed by atoms with Crippen LogP contribution in [0.15, 0.2) is 12.1 Å². The van der Waals surface area contributed by atoms with Crippen LogP contribution in [0.1, 0.15) is 16.9 Å². The lowest BCUT2D eigenvalue weighted by molar-refractivity contribution is 0.0783. The number of carboxylic acid groups (broad SMARTS) is 1. The van der Waals surface area contributed by atoms with Crippen LogP contribution < -0.4 is 5.32 Å². The Bertz CT molecular complexity index is 808. The Kier molecular flexibility index (Phi) is 3.85. The van der Waals surface area contributed by atoms with Crippen molar-refractivity contribution in [2.45, 2.75) is 12.5 Å². The number of likely N-dealkylation sites (tertiary alicyclic amines) is 1. The summed E-state index contributed by atoms with van der Waals surface area (Å²) >= 11 is 5.51. The third-order valence-corrected chi connectivity index (χ3v) is 4.13. The normalized spacial score (nSPS) is 17.7. The van der Waals surface area contributed by atoms with Gasteiger partial charge in [0.2, 0.25) is 0 Å². The summed E-state index contributed by atoms with van der Waals surface area (Å²) in [6, 6.07) is 2.05. The molecule has 0 spiro atoms. The molecule has 1 aliphatic heterocycles. The van der Waals surface area contributed by atoms with Gasteiger partial charge in [-0.05, 0) is 18.6 Å². The number of halogens is 3. The minimum atomic E-state index is -1.15. The van der Waals surface area contributed by atoms with Gasteiger partial charge in [-0.3, -0.25) is 4.79 Å². The van der Waals surface area contributed by atoms with E-state index in [2.05, 4.69) is 10.3 Å². The highest BCUT2D eigenvalue weighted by molar-refractivity contribution is 6.31. The number of amides is 2.